The molecule has 16 heavy (non-hydrogen) atoms. The van der Waals surface area contributed by atoms with E-state index in [-0.39, 0.29) is 5.12 Å². The number of hydrogen-bond donors (Lipinski definition) is 0. The Bertz CT molecular complexity index is 226. The van der Waals surface area contributed by atoms with E-state index in [1.165, 1.54) is 40.8 Å². The van der Waals surface area contributed by atoms with Crippen LogP contribution < -0.4 is 0 Å². The van der Waals surface area contributed by atoms with E-state index in [1.54, 1.807) is 0 Å². The maximum absolute atomic E-state index is 11.1. The minimum Gasteiger partial charge on any atom is -0.282 e. The van der Waals surface area contributed by atoms with Gasteiger partial charge in [-0.1, -0.05) is 25.3 Å². The van der Waals surface area contributed by atoms with E-state index < -0.39 is 0 Å². The normalized spacial score (nSPS) is 21.9. The van der Waals surface area contributed by atoms with Gasteiger partial charge in [-0.2, -0.15) is 11.8 Å². The summed E-state index contributed by atoms with van der Waals surface area (Å²) in [5.74, 6) is 3.62. The lowest BCUT2D eigenvalue weighted by molar-refractivity contribution is -0.107. The second-order valence-corrected chi connectivity index (χ2v) is 8.87. The van der Waals surface area contributed by atoms with Gasteiger partial charge in [0.05, 0.1) is 0 Å². The van der Waals surface area contributed by atoms with Crippen molar-refractivity contribution in [1.29, 1.82) is 0 Å². The van der Waals surface area contributed by atoms with Crippen LogP contribution in [0.5, 0.6) is 0 Å². The van der Waals surface area contributed by atoms with Gasteiger partial charge in [0, 0.05) is 27.1 Å². The van der Waals surface area contributed by atoms with E-state index in [0.29, 0.717) is 5.25 Å². The molecule has 1 fully saturated rings. The molecule has 1 rings (SSSR count). The summed E-state index contributed by atoms with van der Waals surface area (Å²) in [5, 5.41) is 2.64. The Morgan fingerprint density at radius 1 is 1.69 bits per heavy atom. The molecule has 0 spiro atoms. The second kappa shape index (κ2) is 8.84. The van der Waals surface area contributed by atoms with Gasteiger partial charge in [-0.15, -0.1) is 23.5 Å². The molecule has 0 aromatic rings. The van der Waals surface area contributed by atoms with Gasteiger partial charge >= 0.3 is 0 Å². The van der Waals surface area contributed by atoms with Crippen LogP contribution in [0.15, 0.2) is 12.7 Å². The van der Waals surface area contributed by atoms with Crippen molar-refractivity contribution in [1.82, 2.24) is 0 Å². The van der Waals surface area contributed by atoms with Crippen molar-refractivity contribution in [2.24, 2.45) is 0 Å². The SMILES string of the molecule is C=CC(=O)SC(C)CSCCC1CSCS1. The zero-order valence-corrected chi connectivity index (χ0v) is 12.8. The van der Waals surface area contributed by atoms with Crippen LogP contribution in [0.3, 0.4) is 0 Å². The van der Waals surface area contributed by atoms with Crippen molar-refractivity contribution in [3.8, 4) is 0 Å². The molecule has 1 saturated heterocycles. The standard InChI is InChI=1S/C11H18OS4/c1-3-11(12)16-9(2)6-13-5-4-10-7-14-8-15-10/h3,9-10H,1,4-8H2,2H3. The molecule has 0 N–H and O–H groups in total. The Balaban J connectivity index is 1.97. The molecule has 0 amide bonds. The van der Waals surface area contributed by atoms with E-state index >= 15 is 0 Å². The largest absolute Gasteiger partial charge is 0.282 e. The summed E-state index contributed by atoms with van der Waals surface area (Å²) >= 11 is 7.51. The topological polar surface area (TPSA) is 17.1 Å². The molecule has 5 heteroatoms. The first-order valence-corrected chi connectivity index (χ1v) is 9.56. The number of hydrogen-bond acceptors (Lipinski definition) is 5. The molecule has 92 valence electrons. The lowest BCUT2D eigenvalue weighted by atomic mass is 10.4. The molecule has 0 aromatic heterocycles. The average molecular weight is 295 g/mol. The molecular formula is C11H18OS4. The molecule has 2 atom stereocenters. The molecule has 0 bridgehead atoms. The summed E-state index contributed by atoms with van der Waals surface area (Å²) < 4.78 is 0. The Hall–Kier alpha value is 0.810. The maximum Gasteiger partial charge on any atom is 0.211 e. The van der Waals surface area contributed by atoms with E-state index in [1.807, 2.05) is 11.8 Å². The van der Waals surface area contributed by atoms with E-state index in [2.05, 4.69) is 37.0 Å². The minimum atomic E-state index is 0.0934. The van der Waals surface area contributed by atoms with Gasteiger partial charge < -0.3 is 0 Å². The molecule has 0 aliphatic carbocycles. The summed E-state index contributed by atoms with van der Waals surface area (Å²) in [7, 11) is 0. The van der Waals surface area contributed by atoms with Crippen LogP contribution in [-0.2, 0) is 4.79 Å². The van der Waals surface area contributed by atoms with Crippen molar-refractivity contribution in [2.75, 3.05) is 22.3 Å². The molecule has 1 heterocycles. The zero-order valence-electron chi connectivity index (χ0n) is 9.52. The Kier molecular flexibility index (Phi) is 8.21. The lowest BCUT2D eigenvalue weighted by Gasteiger charge is -2.10. The molecular weight excluding hydrogens is 276 g/mol. The second-order valence-electron chi connectivity index (χ2n) is 3.59. The predicted octanol–water partition coefficient (Wildman–Crippen LogP) is 3.75. The Morgan fingerprint density at radius 3 is 3.12 bits per heavy atom. The van der Waals surface area contributed by atoms with Crippen molar-refractivity contribution in [2.45, 2.75) is 23.8 Å². The van der Waals surface area contributed by atoms with Gasteiger partial charge in [0.1, 0.15) is 0 Å². The van der Waals surface area contributed by atoms with Crippen LogP contribution in [0.1, 0.15) is 13.3 Å². The zero-order chi connectivity index (χ0) is 11.8. The van der Waals surface area contributed by atoms with Crippen molar-refractivity contribution >= 4 is 52.2 Å². The van der Waals surface area contributed by atoms with Gasteiger partial charge in [0.25, 0.3) is 0 Å². The molecule has 0 radical (unpaired) electrons. The first-order chi connectivity index (χ1) is 7.72. The molecule has 1 nitrogen and oxygen atoms in total. The van der Waals surface area contributed by atoms with E-state index in [0.717, 1.165) is 11.0 Å². The van der Waals surface area contributed by atoms with Crippen molar-refractivity contribution < 1.29 is 4.79 Å². The number of thioether (sulfide) groups is 4. The van der Waals surface area contributed by atoms with Crippen LogP contribution in [-0.4, -0.2) is 38.0 Å². The minimum absolute atomic E-state index is 0.0934. The Morgan fingerprint density at radius 2 is 2.50 bits per heavy atom. The predicted molar refractivity (Wildman–Crippen MR) is 82.9 cm³/mol. The highest BCUT2D eigenvalue weighted by molar-refractivity contribution is 8.19. The highest BCUT2D eigenvalue weighted by Gasteiger charge is 2.15. The van der Waals surface area contributed by atoms with E-state index in [4.69, 9.17) is 0 Å². The Labute approximate surface area is 115 Å². The fourth-order valence-corrected chi connectivity index (χ4v) is 6.36. The van der Waals surface area contributed by atoms with Gasteiger partial charge in [-0.25, -0.2) is 0 Å². The average Bonchev–Trinajstić information content (AvgIpc) is 2.77. The monoisotopic (exact) mass is 294 g/mol. The fraction of sp³-hybridized carbons (Fsp3) is 0.727. The summed E-state index contributed by atoms with van der Waals surface area (Å²) in [4.78, 5) is 11.1. The van der Waals surface area contributed by atoms with Crippen LogP contribution >= 0.6 is 47.0 Å². The number of carbonyl (C=O) groups excluding carboxylic acids is 1. The molecule has 1 aliphatic rings. The maximum atomic E-state index is 11.1. The van der Waals surface area contributed by atoms with Crippen LogP contribution in [0.25, 0.3) is 0 Å². The summed E-state index contributed by atoms with van der Waals surface area (Å²) in [6.45, 7) is 5.59. The molecule has 0 saturated carbocycles. The summed E-state index contributed by atoms with van der Waals surface area (Å²) in [5.41, 5.74) is 0. The lowest BCUT2D eigenvalue weighted by Crippen LogP contribution is -2.06. The third kappa shape index (κ3) is 6.52. The van der Waals surface area contributed by atoms with Crippen LogP contribution in [0, 0.1) is 0 Å². The summed E-state index contributed by atoms with van der Waals surface area (Å²) in [6.07, 6.45) is 2.72. The quantitative estimate of drug-likeness (QED) is 0.524. The number of carbonyl (C=O) groups is 1. The van der Waals surface area contributed by atoms with Gasteiger partial charge in [0.15, 0.2) is 0 Å². The van der Waals surface area contributed by atoms with Crippen molar-refractivity contribution in [3.05, 3.63) is 12.7 Å². The molecule has 2 unspecified atom stereocenters. The van der Waals surface area contributed by atoms with Crippen molar-refractivity contribution in [3.63, 3.8) is 0 Å². The van der Waals surface area contributed by atoms with Crippen LogP contribution in [0.4, 0.5) is 0 Å². The van der Waals surface area contributed by atoms with Gasteiger partial charge in [-0.3, -0.25) is 4.79 Å². The fourth-order valence-electron chi connectivity index (χ4n) is 1.28. The molecule has 1 aliphatic heterocycles. The smallest absolute Gasteiger partial charge is 0.211 e. The van der Waals surface area contributed by atoms with Gasteiger partial charge in [0.2, 0.25) is 5.12 Å². The molecule has 0 aromatic carbocycles. The van der Waals surface area contributed by atoms with E-state index in [9.17, 15) is 4.79 Å². The number of rotatable bonds is 7. The van der Waals surface area contributed by atoms with Gasteiger partial charge in [-0.05, 0) is 18.2 Å². The highest BCUT2D eigenvalue weighted by Crippen LogP contribution is 2.32. The highest BCUT2D eigenvalue weighted by atomic mass is 32.2. The van der Waals surface area contributed by atoms with Crippen LogP contribution in [0.2, 0.25) is 0 Å². The third-order valence-corrected chi connectivity index (χ3v) is 7.48. The summed E-state index contributed by atoms with van der Waals surface area (Å²) in [6, 6.07) is 0. The third-order valence-electron chi connectivity index (χ3n) is 2.11. The first kappa shape index (κ1) is 14.9. The first-order valence-electron chi connectivity index (χ1n) is 5.32.